The zero-order chi connectivity index (χ0) is 11.4. The fraction of sp³-hybridized carbons (Fsp3) is 0.182. The third-order valence-electron chi connectivity index (χ3n) is 1.75. The lowest BCUT2D eigenvalue weighted by molar-refractivity contribution is 0.0957. The molecule has 4 heteroatoms. The minimum absolute atomic E-state index is 0.206. The molecule has 80 valence electrons. The summed E-state index contributed by atoms with van der Waals surface area (Å²) in [4.78, 5) is 11.6. The number of benzene rings is 1. The van der Waals surface area contributed by atoms with Crippen LogP contribution in [-0.4, -0.2) is 12.5 Å². The summed E-state index contributed by atoms with van der Waals surface area (Å²) in [6.45, 7) is 5.61. The van der Waals surface area contributed by atoms with Crippen LogP contribution >= 0.6 is 23.2 Å². The molecule has 1 rings (SSSR count). The summed E-state index contributed by atoms with van der Waals surface area (Å²) in [5.74, 6) is -0.206. The molecule has 0 unspecified atom stereocenters. The van der Waals surface area contributed by atoms with E-state index in [1.54, 1.807) is 18.2 Å². The number of carbonyl (C=O) groups is 1. The van der Waals surface area contributed by atoms with E-state index in [2.05, 4.69) is 11.9 Å². The van der Waals surface area contributed by atoms with Crippen molar-refractivity contribution in [3.8, 4) is 0 Å². The first-order valence-electron chi connectivity index (χ1n) is 4.37. The lowest BCUT2D eigenvalue weighted by Gasteiger charge is -2.05. The highest BCUT2D eigenvalue weighted by Crippen LogP contribution is 2.14. The topological polar surface area (TPSA) is 29.1 Å². The first-order chi connectivity index (χ1) is 6.99. The van der Waals surface area contributed by atoms with Crippen LogP contribution in [0.2, 0.25) is 5.02 Å². The summed E-state index contributed by atoms with van der Waals surface area (Å²) >= 11 is 11.4. The maximum absolute atomic E-state index is 11.6. The average Bonchev–Trinajstić information content (AvgIpc) is 2.12. The molecule has 0 aliphatic heterocycles. The van der Waals surface area contributed by atoms with E-state index in [0.29, 0.717) is 15.6 Å². The standard InChI is InChI=1S/C11H11Cl2NO/c1-7-3-9(5-10(13)4-7)11(15)14-6-8(2)12/h3-5H,2,6H2,1H3,(H,14,15). The molecule has 1 N–H and O–H groups in total. The average molecular weight is 244 g/mol. The predicted octanol–water partition coefficient (Wildman–Crippen LogP) is 3.13. The van der Waals surface area contributed by atoms with Crippen LogP contribution in [0.25, 0.3) is 0 Å². The molecule has 0 aromatic heterocycles. The molecule has 0 heterocycles. The molecule has 0 radical (unpaired) electrons. The second kappa shape index (κ2) is 5.19. The Bertz CT molecular complexity index is 381. The minimum atomic E-state index is -0.206. The quantitative estimate of drug-likeness (QED) is 0.869. The maximum Gasteiger partial charge on any atom is 0.251 e. The molecular formula is C11H11Cl2NO. The van der Waals surface area contributed by atoms with Gasteiger partial charge < -0.3 is 5.32 Å². The summed E-state index contributed by atoms with van der Waals surface area (Å²) in [5, 5.41) is 3.56. The minimum Gasteiger partial charge on any atom is -0.347 e. The highest BCUT2D eigenvalue weighted by Gasteiger charge is 2.06. The van der Waals surface area contributed by atoms with Gasteiger partial charge in [0, 0.05) is 15.6 Å². The highest BCUT2D eigenvalue weighted by molar-refractivity contribution is 6.31. The number of hydrogen-bond acceptors (Lipinski definition) is 1. The Morgan fingerprint density at radius 2 is 2.13 bits per heavy atom. The molecule has 1 aromatic carbocycles. The third kappa shape index (κ3) is 3.94. The van der Waals surface area contributed by atoms with E-state index in [1.165, 1.54) is 0 Å². The molecule has 0 aliphatic carbocycles. The van der Waals surface area contributed by atoms with Crippen molar-refractivity contribution < 1.29 is 4.79 Å². The summed E-state index contributed by atoms with van der Waals surface area (Å²) in [7, 11) is 0. The normalized spacial score (nSPS) is 9.80. The van der Waals surface area contributed by atoms with Crippen molar-refractivity contribution in [1.29, 1.82) is 0 Å². The summed E-state index contributed by atoms with van der Waals surface area (Å²) < 4.78 is 0. The second-order valence-corrected chi connectivity index (χ2v) is 4.19. The molecule has 0 saturated heterocycles. The largest absolute Gasteiger partial charge is 0.347 e. The Kier molecular flexibility index (Phi) is 4.18. The van der Waals surface area contributed by atoms with Gasteiger partial charge in [0.05, 0.1) is 6.54 Å². The molecule has 1 amide bonds. The van der Waals surface area contributed by atoms with Crippen LogP contribution in [0.15, 0.2) is 29.8 Å². The number of halogens is 2. The van der Waals surface area contributed by atoms with E-state index in [4.69, 9.17) is 23.2 Å². The number of amides is 1. The van der Waals surface area contributed by atoms with Gasteiger partial charge in [0.1, 0.15) is 0 Å². The number of carbonyl (C=O) groups excluding carboxylic acids is 1. The first kappa shape index (κ1) is 12.1. The van der Waals surface area contributed by atoms with Crippen molar-refractivity contribution in [1.82, 2.24) is 5.32 Å². The Hall–Kier alpha value is -0.990. The Balaban J connectivity index is 2.77. The molecule has 0 atom stereocenters. The summed E-state index contributed by atoms with van der Waals surface area (Å²) in [5.41, 5.74) is 1.47. The van der Waals surface area contributed by atoms with Gasteiger partial charge in [0.25, 0.3) is 5.91 Å². The van der Waals surface area contributed by atoms with Crippen LogP contribution in [-0.2, 0) is 0 Å². The lowest BCUT2D eigenvalue weighted by Crippen LogP contribution is -2.24. The van der Waals surface area contributed by atoms with E-state index < -0.39 is 0 Å². The van der Waals surface area contributed by atoms with Crippen LogP contribution in [0.1, 0.15) is 15.9 Å². The van der Waals surface area contributed by atoms with Crippen molar-refractivity contribution in [2.45, 2.75) is 6.92 Å². The zero-order valence-electron chi connectivity index (χ0n) is 8.31. The molecule has 0 spiro atoms. The van der Waals surface area contributed by atoms with Crippen LogP contribution < -0.4 is 5.32 Å². The van der Waals surface area contributed by atoms with Crippen molar-refractivity contribution >= 4 is 29.1 Å². The molecule has 0 aliphatic rings. The van der Waals surface area contributed by atoms with Crippen LogP contribution in [0.4, 0.5) is 0 Å². The Morgan fingerprint density at radius 1 is 1.47 bits per heavy atom. The molecule has 15 heavy (non-hydrogen) atoms. The maximum atomic E-state index is 11.6. The highest BCUT2D eigenvalue weighted by atomic mass is 35.5. The van der Waals surface area contributed by atoms with Crippen molar-refractivity contribution in [2.75, 3.05) is 6.54 Å². The van der Waals surface area contributed by atoms with Gasteiger partial charge >= 0.3 is 0 Å². The molecule has 0 fully saturated rings. The van der Waals surface area contributed by atoms with E-state index in [-0.39, 0.29) is 12.5 Å². The summed E-state index contributed by atoms with van der Waals surface area (Å²) in [6, 6.07) is 5.16. The van der Waals surface area contributed by atoms with Crippen molar-refractivity contribution in [2.24, 2.45) is 0 Å². The van der Waals surface area contributed by atoms with Crippen molar-refractivity contribution in [3.05, 3.63) is 46.0 Å². The van der Waals surface area contributed by atoms with Crippen LogP contribution in [0.3, 0.4) is 0 Å². The second-order valence-electron chi connectivity index (χ2n) is 3.22. The predicted molar refractivity (Wildman–Crippen MR) is 63.5 cm³/mol. The number of rotatable bonds is 3. The molecule has 2 nitrogen and oxygen atoms in total. The van der Waals surface area contributed by atoms with Crippen LogP contribution in [0.5, 0.6) is 0 Å². The first-order valence-corrected chi connectivity index (χ1v) is 5.13. The lowest BCUT2D eigenvalue weighted by atomic mass is 10.1. The van der Waals surface area contributed by atoms with Gasteiger partial charge in [-0.1, -0.05) is 29.8 Å². The van der Waals surface area contributed by atoms with E-state index in [1.807, 2.05) is 6.92 Å². The van der Waals surface area contributed by atoms with E-state index >= 15 is 0 Å². The van der Waals surface area contributed by atoms with Gasteiger partial charge in [-0.25, -0.2) is 0 Å². The Labute approximate surface area is 98.9 Å². The monoisotopic (exact) mass is 243 g/mol. The van der Waals surface area contributed by atoms with Gasteiger partial charge in [-0.05, 0) is 30.7 Å². The summed E-state index contributed by atoms with van der Waals surface area (Å²) in [6.07, 6.45) is 0. The molecule has 0 bridgehead atoms. The van der Waals surface area contributed by atoms with E-state index in [0.717, 1.165) is 5.56 Å². The molecule has 1 aromatic rings. The van der Waals surface area contributed by atoms with Gasteiger partial charge in [0.15, 0.2) is 0 Å². The number of nitrogens with one attached hydrogen (secondary N) is 1. The molecular weight excluding hydrogens is 233 g/mol. The SMILES string of the molecule is C=C(Cl)CNC(=O)c1cc(C)cc(Cl)c1. The van der Waals surface area contributed by atoms with Gasteiger partial charge in [0.2, 0.25) is 0 Å². The third-order valence-corrected chi connectivity index (χ3v) is 2.10. The van der Waals surface area contributed by atoms with Gasteiger partial charge in [-0.2, -0.15) is 0 Å². The van der Waals surface area contributed by atoms with Gasteiger partial charge in [-0.3, -0.25) is 4.79 Å². The molecule has 0 saturated carbocycles. The fourth-order valence-corrected chi connectivity index (χ4v) is 1.50. The van der Waals surface area contributed by atoms with Crippen LogP contribution in [0, 0.1) is 6.92 Å². The number of aryl methyl sites for hydroxylation is 1. The smallest absolute Gasteiger partial charge is 0.251 e. The van der Waals surface area contributed by atoms with Gasteiger partial charge in [-0.15, -0.1) is 0 Å². The zero-order valence-corrected chi connectivity index (χ0v) is 9.82. The number of hydrogen-bond donors (Lipinski definition) is 1. The van der Waals surface area contributed by atoms with Crippen molar-refractivity contribution in [3.63, 3.8) is 0 Å². The van der Waals surface area contributed by atoms with E-state index in [9.17, 15) is 4.79 Å². The Morgan fingerprint density at radius 3 is 2.67 bits per heavy atom. The fourth-order valence-electron chi connectivity index (χ4n) is 1.15.